The number of nitrogens with one attached hydrogen (secondary N) is 1. The van der Waals surface area contributed by atoms with Crippen molar-refractivity contribution in [2.75, 3.05) is 0 Å². The first-order valence-electron chi connectivity index (χ1n) is 5.77. The average Bonchev–Trinajstić information content (AvgIpc) is 2.95. The van der Waals surface area contributed by atoms with Gasteiger partial charge in [-0.05, 0) is 25.3 Å². The Balaban J connectivity index is 2.51. The molecule has 0 aliphatic carbocycles. The molecule has 2 heterocycles. The lowest BCUT2D eigenvalue weighted by Crippen LogP contribution is -2.30. The molecule has 0 saturated heterocycles. The predicted octanol–water partition coefficient (Wildman–Crippen LogP) is 3.63. The number of rotatable bonds is 5. The van der Waals surface area contributed by atoms with E-state index in [0.29, 0.717) is 0 Å². The second kappa shape index (κ2) is 5.63. The zero-order valence-electron chi connectivity index (χ0n) is 10.8. The number of hydrogen-bond donors (Lipinski definition) is 1. The molecule has 110 valence electrons. The van der Waals surface area contributed by atoms with Crippen LogP contribution in [0, 0.1) is 0 Å². The Morgan fingerprint density at radius 3 is 2.55 bits per heavy atom. The van der Waals surface area contributed by atoms with E-state index in [1.165, 1.54) is 23.1 Å². The standard InChI is InChI=1S/C12H13F2NO3S2/c1-7(2)15-20(16,17)12-8(3-4-18-12)9-5-19-6-10(9)11(13)14/h3-7,11,15H,1-2H3. The van der Waals surface area contributed by atoms with Crippen LogP contribution in [0.25, 0.3) is 11.1 Å². The molecule has 0 atom stereocenters. The highest BCUT2D eigenvalue weighted by Gasteiger charge is 2.27. The van der Waals surface area contributed by atoms with Gasteiger partial charge in [-0.1, -0.05) is 0 Å². The van der Waals surface area contributed by atoms with Crippen molar-refractivity contribution in [1.29, 1.82) is 0 Å². The lowest BCUT2D eigenvalue weighted by molar-refractivity contribution is 0.152. The second-order valence-corrected chi connectivity index (χ2v) is 6.80. The van der Waals surface area contributed by atoms with E-state index >= 15 is 0 Å². The quantitative estimate of drug-likeness (QED) is 0.915. The molecule has 1 N–H and O–H groups in total. The van der Waals surface area contributed by atoms with Gasteiger partial charge in [0.2, 0.25) is 5.09 Å². The molecular weight excluding hydrogens is 308 g/mol. The summed E-state index contributed by atoms with van der Waals surface area (Å²) in [7, 11) is -3.87. The molecule has 0 unspecified atom stereocenters. The van der Waals surface area contributed by atoms with Gasteiger partial charge in [-0.25, -0.2) is 21.9 Å². The normalized spacial score (nSPS) is 12.5. The SMILES string of the molecule is CC(C)NS(=O)(=O)c1occc1-c1cscc1C(F)F. The Hall–Kier alpha value is -1.25. The molecule has 0 amide bonds. The van der Waals surface area contributed by atoms with Gasteiger partial charge < -0.3 is 4.42 Å². The van der Waals surface area contributed by atoms with Crippen molar-refractivity contribution < 1.29 is 21.6 Å². The first kappa shape index (κ1) is 15.1. The molecular formula is C12H13F2NO3S2. The van der Waals surface area contributed by atoms with Gasteiger partial charge in [0.15, 0.2) is 0 Å². The van der Waals surface area contributed by atoms with Crippen LogP contribution in [0.2, 0.25) is 0 Å². The molecule has 0 fully saturated rings. The van der Waals surface area contributed by atoms with Crippen LogP contribution >= 0.6 is 11.3 Å². The molecule has 0 saturated carbocycles. The van der Waals surface area contributed by atoms with E-state index < -0.39 is 16.4 Å². The monoisotopic (exact) mass is 321 g/mol. The van der Waals surface area contributed by atoms with Gasteiger partial charge in [-0.3, -0.25) is 0 Å². The van der Waals surface area contributed by atoms with E-state index in [1.807, 2.05) is 0 Å². The zero-order valence-corrected chi connectivity index (χ0v) is 12.4. The minimum absolute atomic E-state index is 0.148. The van der Waals surface area contributed by atoms with Crippen LogP contribution in [-0.4, -0.2) is 14.5 Å². The highest BCUT2D eigenvalue weighted by molar-refractivity contribution is 7.89. The van der Waals surface area contributed by atoms with E-state index in [4.69, 9.17) is 4.42 Å². The molecule has 2 rings (SSSR count). The van der Waals surface area contributed by atoms with Crippen LogP contribution < -0.4 is 4.72 Å². The topological polar surface area (TPSA) is 59.3 Å². The van der Waals surface area contributed by atoms with Crippen LogP contribution in [0.5, 0.6) is 0 Å². The summed E-state index contributed by atoms with van der Waals surface area (Å²) in [5, 5.41) is 2.45. The molecule has 4 nitrogen and oxygen atoms in total. The van der Waals surface area contributed by atoms with E-state index in [0.717, 1.165) is 11.3 Å². The molecule has 0 aromatic carbocycles. The van der Waals surface area contributed by atoms with Crippen LogP contribution in [-0.2, 0) is 10.0 Å². The fraction of sp³-hybridized carbons (Fsp3) is 0.333. The van der Waals surface area contributed by atoms with Crippen LogP contribution in [0.1, 0.15) is 25.8 Å². The summed E-state index contributed by atoms with van der Waals surface area (Å²) < 4.78 is 57.4. The van der Waals surface area contributed by atoms with Gasteiger partial charge >= 0.3 is 0 Å². The van der Waals surface area contributed by atoms with Crippen molar-refractivity contribution in [1.82, 2.24) is 4.72 Å². The molecule has 8 heteroatoms. The number of alkyl halides is 2. The minimum Gasteiger partial charge on any atom is -0.451 e. The summed E-state index contributed by atoms with van der Waals surface area (Å²) in [5.74, 6) is 0. The Morgan fingerprint density at radius 2 is 1.95 bits per heavy atom. The van der Waals surface area contributed by atoms with Crippen LogP contribution in [0.3, 0.4) is 0 Å². The first-order valence-corrected chi connectivity index (χ1v) is 8.20. The van der Waals surface area contributed by atoms with Crippen molar-refractivity contribution in [3.8, 4) is 11.1 Å². The Labute approximate surface area is 119 Å². The summed E-state index contributed by atoms with van der Waals surface area (Å²) in [6.07, 6.45) is -1.49. The molecule has 0 spiro atoms. The first-order chi connectivity index (χ1) is 9.33. The number of halogens is 2. The maximum Gasteiger partial charge on any atom is 0.274 e. The van der Waals surface area contributed by atoms with E-state index in [9.17, 15) is 17.2 Å². The number of furan rings is 1. The Kier molecular flexibility index (Phi) is 4.26. The summed E-state index contributed by atoms with van der Waals surface area (Å²) in [6, 6.07) is 1.05. The Morgan fingerprint density at radius 1 is 1.25 bits per heavy atom. The third-order valence-electron chi connectivity index (χ3n) is 2.48. The van der Waals surface area contributed by atoms with Crippen molar-refractivity contribution in [3.05, 3.63) is 28.7 Å². The maximum atomic E-state index is 12.9. The molecule has 0 aliphatic rings. The molecule has 2 aromatic rings. The van der Waals surface area contributed by atoms with Crippen molar-refractivity contribution in [2.45, 2.75) is 31.4 Å². The smallest absolute Gasteiger partial charge is 0.274 e. The van der Waals surface area contributed by atoms with Crippen LogP contribution in [0.4, 0.5) is 8.78 Å². The van der Waals surface area contributed by atoms with Gasteiger partial charge in [0.25, 0.3) is 16.4 Å². The van der Waals surface area contributed by atoms with E-state index in [1.54, 1.807) is 13.8 Å². The van der Waals surface area contributed by atoms with Crippen molar-refractivity contribution >= 4 is 21.4 Å². The fourth-order valence-corrected chi connectivity index (χ4v) is 3.98. The lowest BCUT2D eigenvalue weighted by Gasteiger charge is -2.09. The summed E-state index contributed by atoms with van der Waals surface area (Å²) in [6.45, 7) is 3.32. The van der Waals surface area contributed by atoms with Gasteiger partial charge in [0, 0.05) is 28.1 Å². The largest absolute Gasteiger partial charge is 0.451 e. The molecule has 0 bridgehead atoms. The molecule has 2 aromatic heterocycles. The number of hydrogen-bond acceptors (Lipinski definition) is 4. The Bertz CT molecular complexity index is 689. The second-order valence-electron chi connectivity index (χ2n) is 4.44. The summed E-state index contributed by atoms with van der Waals surface area (Å²) >= 11 is 1.09. The fourth-order valence-electron chi connectivity index (χ4n) is 1.76. The third kappa shape index (κ3) is 2.92. The minimum atomic E-state index is -3.87. The average molecular weight is 321 g/mol. The molecule has 20 heavy (non-hydrogen) atoms. The predicted molar refractivity (Wildman–Crippen MR) is 72.4 cm³/mol. The van der Waals surface area contributed by atoms with Crippen molar-refractivity contribution in [2.24, 2.45) is 0 Å². The highest BCUT2D eigenvalue weighted by atomic mass is 32.2. The third-order valence-corrected chi connectivity index (χ3v) is 4.83. The molecule has 0 aliphatic heterocycles. The number of thiophene rings is 1. The number of sulfonamides is 1. The van der Waals surface area contributed by atoms with E-state index in [-0.39, 0.29) is 27.8 Å². The summed E-state index contributed by atoms with van der Waals surface area (Å²) in [4.78, 5) is 0. The highest BCUT2D eigenvalue weighted by Crippen LogP contribution is 2.37. The molecule has 0 radical (unpaired) electrons. The van der Waals surface area contributed by atoms with Gasteiger partial charge in [0.1, 0.15) is 0 Å². The zero-order chi connectivity index (χ0) is 14.9. The van der Waals surface area contributed by atoms with E-state index in [2.05, 4.69) is 4.72 Å². The maximum absolute atomic E-state index is 12.9. The lowest BCUT2D eigenvalue weighted by atomic mass is 10.1. The van der Waals surface area contributed by atoms with Crippen molar-refractivity contribution in [3.63, 3.8) is 0 Å². The van der Waals surface area contributed by atoms with Gasteiger partial charge in [0.05, 0.1) is 6.26 Å². The van der Waals surface area contributed by atoms with Gasteiger partial charge in [-0.15, -0.1) is 0 Å². The van der Waals surface area contributed by atoms with Gasteiger partial charge in [-0.2, -0.15) is 11.3 Å². The van der Waals surface area contributed by atoms with Crippen LogP contribution in [0.15, 0.2) is 32.6 Å². The summed E-state index contributed by atoms with van der Waals surface area (Å²) in [5.41, 5.74) is 0.134.